The molecule has 1 aliphatic heterocycles. The second-order valence-electron chi connectivity index (χ2n) is 4.92. The molecule has 0 atom stereocenters. The minimum absolute atomic E-state index is 0.199. The van der Waals surface area contributed by atoms with Crippen LogP contribution >= 0.6 is 22.7 Å². The summed E-state index contributed by atoms with van der Waals surface area (Å²) in [5, 5.41) is 2.13. The van der Waals surface area contributed by atoms with Gasteiger partial charge in [-0.2, -0.15) is 0 Å². The van der Waals surface area contributed by atoms with Crippen LogP contribution in [0, 0.1) is 6.92 Å². The zero-order chi connectivity index (χ0) is 13.4. The number of hydrogen-bond donors (Lipinski definition) is 0. The van der Waals surface area contributed by atoms with E-state index < -0.39 is 0 Å². The Morgan fingerprint density at radius 3 is 3.05 bits per heavy atom. The van der Waals surface area contributed by atoms with Gasteiger partial charge in [-0.15, -0.1) is 22.7 Å². The van der Waals surface area contributed by atoms with Gasteiger partial charge in [-0.1, -0.05) is 6.92 Å². The third-order valence-electron chi connectivity index (χ3n) is 3.65. The zero-order valence-corrected chi connectivity index (χ0v) is 12.9. The van der Waals surface area contributed by atoms with Crippen molar-refractivity contribution >= 4 is 28.6 Å². The van der Waals surface area contributed by atoms with Crippen LogP contribution < -0.4 is 0 Å². The van der Waals surface area contributed by atoms with Crippen LogP contribution in [0.4, 0.5) is 0 Å². The minimum atomic E-state index is 0.199. The molecule has 0 aromatic carbocycles. The van der Waals surface area contributed by atoms with Crippen LogP contribution in [0.2, 0.25) is 0 Å². The van der Waals surface area contributed by atoms with E-state index in [4.69, 9.17) is 0 Å². The molecule has 2 aromatic rings. The molecule has 1 aliphatic rings. The van der Waals surface area contributed by atoms with Crippen LogP contribution in [0.25, 0.3) is 0 Å². The molecule has 0 saturated heterocycles. The Bertz CT molecular complexity index is 611. The molecule has 0 bridgehead atoms. The number of carbonyl (C=O) groups excluding carboxylic acids is 1. The molecule has 100 valence electrons. The van der Waals surface area contributed by atoms with Gasteiger partial charge in [-0.3, -0.25) is 4.79 Å². The summed E-state index contributed by atoms with van der Waals surface area (Å²) in [6.45, 7) is 5.87. The average Bonchev–Trinajstić information content (AvgIpc) is 3.02. The summed E-state index contributed by atoms with van der Waals surface area (Å²) >= 11 is 3.47. The Kier molecular flexibility index (Phi) is 3.46. The maximum absolute atomic E-state index is 12.6. The fourth-order valence-electron chi connectivity index (χ4n) is 2.55. The molecule has 0 N–H and O–H groups in total. The van der Waals surface area contributed by atoms with Crippen molar-refractivity contribution in [2.45, 2.75) is 33.2 Å². The highest BCUT2D eigenvalue weighted by Crippen LogP contribution is 2.28. The normalized spacial score (nSPS) is 14.5. The Balaban J connectivity index is 1.81. The van der Waals surface area contributed by atoms with E-state index >= 15 is 0 Å². The van der Waals surface area contributed by atoms with Crippen molar-refractivity contribution in [2.24, 2.45) is 0 Å². The van der Waals surface area contributed by atoms with Crippen molar-refractivity contribution in [2.75, 3.05) is 6.54 Å². The Hall–Kier alpha value is -1.13. The Morgan fingerprint density at radius 2 is 2.32 bits per heavy atom. The highest BCUT2D eigenvalue weighted by Gasteiger charge is 2.23. The van der Waals surface area contributed by atoms with Gasteiger partial charge in [0.1, 0.15) is 0 Å². The van der Waals surface area contributed by atoms with E-state index in [1.54, 1.807) is 11.3 Å². The lowest BCUT2D eigenvalue weighted by Crippen LogP contribution is -2.34. The number of hydrogen-bond acceptors (Lipinski definition) is 3. The molecule has 3 heterocycles. The first-order chi connectivity index (χ1) is 9.19. The minimum Gasteiger partial charge on any atom is -0.333 e. The van der Waals surface area contributed by atoms with E-state index in [2.05, 4.69) is 31.4 Å². The summed E-state index contributed by atoms with van der Waals surface area (Å²) in [4.78, 5) is 18.2. The first kappa shape index (κ1) is 12.9. The van der Waals surface area contributed by atoms with Crippen molar-refractivity contribution in [3.63, 3.8) is 0 Å². The van der Waals surface area contributed by atoms with Crippen LogP contribution in [-0.2, 0) is 19.4 Å². The van der Waals surface area contributed by atoms with Crippen LogP contribution in [0.3, 0.4) is 0 Å². The average molecular weight is 291 g/mol. The second-order valence-corrected chi connectivity index (χ2v) is 7.05. The van der Waals surface area contributed by atoms with Gasteiger partial charge in [0.15, 0.2) is 0 Å². The van der Waals surface area contributed by atoms with Gasteiger partial charge in [-0.25, -0.2) is 0 Å². The van der Waals surface area contributed by atoms with Gasteiger partial charge in [0.2, 0.25) is 0 Å². The number of aryl methyl sites for hydroxylation is 2. The van der Waals surface area contributed by atoms with E-state index in [0.717, 1.165) is 30.8 Å². The maximum atomic E-state index is 12.6. The number of amides is 1. The van der Waals surface area contributed by atoms with E-state index in [9.17, 15) is 4.79 Å². The number of fused-ring (bicyclic) bond motifs is 1. The van der Waals surface area contributed by atoms with Gasteiger partial charge in [0.25, 0.3) is 5.91 Å². The molecule has 0 fully saturated rings. The Morgan fingerprint density at radius 1 is 1.47 bits per heavy atom. The summed E-state index contributed by atoms with van der Waals surface area (Å²) in [5.41, 5.74) is 2.58. The van der Waals surface area contributed by atoms with Crippen LogP contribution in [0.1, 0.15) is 37.5 Å². The summed E-state index contributed by atoms with van der Waals surface area (Å²) < 4.78 is 0. The highest BCUT2D eigenvalue weighted by molar-refractivity contribution is 7.14. The lowest BCUT2D eigenvalue weighted by molar-refractivity contribution is 0.0740. The number of rotatable bonds is 2. The van der Waals surface area contributed by atoms with Crippen molar-refractivity contribution in [3.8, 4) is 0 Å². The van der Waals surface area contributed by atoms with Crippen LogP contribution in [-0.4, -0.2) is 17.4 Å². The molecule has 2 aromatic heterocycles. The van der Waals surface area contributed by atoms with Crippen molar-refractivity contribution in [1.29, 1.82) is 0 Å². The highest BCUT2D eigenvalue weighted by atomic mass is 32.1. The largest absolute Gasteiger partial charge is 0.333 e. The lowest BCUT2D eigenvalue weighted by atomic mass is 10.1. The molecule has 4 heteroatoms. The van der Waals surface area contributed by atoms with Gasteiger partial charge >= 0.3 is 0 Å². The van der Waals surface area contributed by atoms with Crippen LogP contribution in [0.5, 0.6) is 0 Å². The quantitative estimate of drug-likeness (QED) is 0.822. The molecule has 0 unspecified atom stereocenters. The summed E-state index contributed by atoms with van der Waals surface area (Å²) in [6.07, 6.45) is 2.02. The van der Waals surface area contributed by atoms with Crippen LogP contribution in [0.15, 0.2) is 17.5 Å². The first-order valence-electron chi connectivity index (χ1n) is 6.63. The molecule has 2 nitrogen and oxygen atoms in total. The predicted molar refractivity (Wildman–Crippen MR) is 81.2 cm³/mol. The summed E-state index contributed by atoms with van der Waals surface area (Å²) in [7, 11) is 0. The summed E-state index contributed by atoms with van der Waals surface area (Å²) in [6, 6.07) is 4.20. The molecule has 0 spiro atoms. The Labute approximate surface area is 121 Å². The fourth-order valence-corrected chi connectivity index (χ4v) is 4.53. The van der Waals surface area contributed by atoms with Gasteiger partial charge in [0.05, 0.1) is 4.88 Å². The topological polar surface area (TPSA) is 20.3 Å². The predicted octanol–water partition coefficient (Wildman–Crippen LogP) is 3.88. The zero-order valence-electron chi connectivity index (χ0n) is 11.2. The fraction of sp³-hybridized carbons (Fsp3) is 0.400. The number of nitrogens with zero attached hydrogens (tertiary/aromatic N) is 1. The molecule has 3 rings (SSSR count). The monoisotopic (exact) mass is 291 g/mol. The van der Waals surface area contributed by atoms with Gasteiger partial charge < -0.3 is 4.90 Å². The second kappa shape index (κ2) is 5.10. The number of carbonyl (C=O) groups is 1. The van der Waals surface area contributed by atoms with Gasteiger partial charge in [0, 0.05) is 22.8 Å². The molecule has 1 amide bonds. The smallest absolute Gasteiger partial charge is 0.264 e. The molecule has 0 aliphatic carbocycles. The molecule has 19 heavy (non-hydrogen) atoms. The molecular formula is C15H17NOS2. The molecule has 0 radical (unpaired) electrons. The van der Waals surface area contributed by atoms with Crippen molar-refractivity contribution in [3.05, 3.63) is 43.3 Å². The van der Waals surface area contributed by atoms with Gasteiger partial charge in [-0.05, 0) is 48.4 Å². The standard InChI is InChI=1S/C15H17NOS2/c1-3-12-10(2)8-14(19-12)15(17)16-6-4-13-11(9-16)5-7-18-13/h5,7-8H,3-4,6,9H2,1-2H3. The lowest BCUT2D eigenvalue weighted by Gasteiger charge is -2.26. The van der Waals surface area contributed by atoms with E-state index in [-0.39, 0.29) is 5.91 Å². The first-order valence-corrected chi connectivity index (χ1v) is 8.32. The SMILES string of the molecule is CCc1sc(C(=O)N2CCc3sccc3C2)cc1C. The number of thiophene rings is 2. The molecule has 0 saturated carbocycles. The van der Waals surface area contributed by atoms with E-state index in [1.807, 2.05) is 16.2 Å². The third kappa shape index (κ3) is 2.35. The van der Waals surface area contributed by atoms with Crippen molar-refractivity contribution in [1.82, 2.24) is 4.90 Å². The maximum Gasteiger partial charge on any atom is 0.264 e. The third-order valence-corrected chi connectivity index (χ3v) is 6.04. The van der Waals surface area contributed by atoms with E-state index in [0.29, 0.717) is 0 Å². The van der Waals surface area contributed by atoms with Crippen molar-refractivity contribution < 1.29 is 4.79 Å². The summed E-state index contributed by atoms with van der Waals surface area (Å²) in [5.74, 6) is 0.199. The molecular weight excluding hydrogens is 274 g/mol. The van der Waals surface area contributed by atoms with E-state index in [1.165, 1.54) is 20.9 Å².